The Morgan fingerprint density at radius 3 is 2.93 bits per heavy atom. The van der Waals surface area contributed by atoms with Crippen molar-refractivity contribution in [2.45, 2.75) is 24.9 Å². The minimum absolute atomic E-state index is 0.559. The highest BCUT2D eigenvalue weighted by atomic mass is 35.5. The summed E-state index contributed by atoms with van der Waals surface area (Å²) < 4.78 is 15.2. The lowest BCUT2D eigenvalue weighted by Gasteiger charge is -2.21. The van der Waals surface area contributed by atoms with Crippen LogP contribution in [0, 0.1) is 0 Å². The van der Waals surface area contributed by atoms with Crippen LogP contribution in [0.2, 0.25) is 4.34 Å². The van der Waals surface area contributed by atoms with E-state index >= 15 is 0 Å². The zero-order chi connectivity index (χ0) is 10.0. The summed E-state index contributed by atoms with van der Waals surface area (Å²) in [6.07, 6.45) is 2.06. The van der Waals surface area contributed by atoms with E-state index in [-0.39, 0.29) is 0 Å². The summed E-state index contributed by atoms with van der Waals surface area (Å²) in [4.78, 5) is 0.784. The van der Waals surface area contributed by atoms with E-state index in [1.807, 2.05) is 6.07 Å². The molecule has 0 bridgehead atoms. The van der Waals surface area contributed by atoms with E-state index in [4.69, 9.17) is 11.6 Å². The minimum atomic E-state index is -1.15. The first-order valence-corrected chi connectivity index (χ1v) is 6.06. The van der Waals surface area contributed by atoms with Crippen LogP contribution in [-0.4, -0.2) is 13.1 Å². The lowest BCUT2D eigenvalue weighted by Crippen LogP contribution is -2.21. The molecule has 0 aromatic carbocycles. The molecule has 1 aliphatic heterocycles. The second kappa shape index (κ2) is 4.17. The Morgan fingerprint density at radius 1 is 1.36 bits per heavy atom. The van der Waals surface area contributed by atoms with Gasteiger partial charge in [0.2, 0.25) is 0 Å². The van der Waals surface area contributed by atoms with Gasteiger partial charge < -0.3 is 5.32 Å². The molecular formula is C10H13ClFNS. The molecule has 0 spiro atoms. The van der Waals surface area contributed by atoms with Gasteiger partial charge >= 0.3 is 0 Å². The molecule has 1 unspecified atom stereocenters. The van der Waals surface area contributed by atoms with Gasteiger partial charge in [0, 0.05) is 4.88 Å². The Bertz CT molecular complexity index is 305. The smallest absolute Gasteiger partial charge is 0.146 e. The number of halogens is 2. The number of thiophene rings is 1. The van der Waals surface area contributed by atoms with E-state index in [1.54, 1.807) is 6.07 Å². The molecule has 0 radical (unpaired) electrons. The molecule has 1 fully saturated rings. The molecule has 1 saturated heterocycles. The van der Waals surface area contributed by atoms with Gasteiger partial charge in [0.05, 0.1) is 4.34 Å². The fraction of sp³-hybridized carbons (Fsp3) is 0.600. The van der Waals surface area contributed by atoms with Crippen LogP contribution in [0.4, 0.5) is 4.39 Å². The summed E-state index contributed by atoms with van der Waals surface area (Å²) in [6, 6.07) is 3.60. The molecule has 0 amide bonds. The average Bonchev–Trinajstić information content (AvgIpc) is 2.47. The van der Waals surface area contributed by atoms with E-state index in [0.29, 0.717) is 17.2 Å². The zero-order valence-corrected chi connectivity index (χ0v) is 9.43. The van der Waals surface area contributed by atoms with Crippen LogP contribution in [0.5, 0.6) is 0 Å². The van der Waals surface area contributed by atoms with Gasteiger partial charge in [0.1, 0.15) is 5.67 Å². The normalized spacial score (nSPS) is 28.7. The molecule has 2 heterocycles. The first kappa shape index (κ1) is 10.4. The fourth-order valence-electron chi connectivity index (χ4n) is 1.83. The lowest BCUT2D eigenvalue weighted by molar-refractivity contribution is 0.150. The highest BCUT2D eigenvalue weighted by molar-refractivity contribution is 7.16. The fourth-order valence-corrected chi connectivity index (χ4v) is 3.01. The predicted octanol–water partition coefficient (Wildman–Crippen LogP) is 3.34. The van der Waals surface area contributed by atoms with E-state index in [1.165, 1.54) is 11.3 Å². The minimum Gasteiger partial charge on any atom is -0.317 e. The quantitative estimate of drug-likeness (QED) is 0.785. The van der Waals surface area contributed by atoms with Crippen molar-refractivity contribution in [2.75, 3.05) is 13.1 Å². The van der Waals surface area contributed by atoms with Crippen LogP contribution < -0.4 is 5.32 Å². The monoisotopic (exact) mass is 233 g/mol. The molecule has 0 saturated carbocycles. The van der Waals surface area contributed by atoms with Crippen LogP contribution in [0.3, 0.4) is 0 Å². The maximum atomic E-state index is 14.5. The van der Waals surface area contributed by atoms with Crippen molar-refractivity contribution in [3.05, 3.63) is 21.3 Å². The molecule has 0 aliphatic carbocycles. The Morgan fingerprint density at radius 2 is 2.21 bits per heavy atom. The van der Waals surface area contributed by atoms with Crippen molar-refractivity contribution < 1.29 is 4.39 Å². The molecule has 1 aliphatic rings. The molecule has 1 atom stereocenters. The molecule has 14 heavy (non-hydrogen) atoms. The van der Waals surface area contributed by atoms with Crippen LogP contribution in [0.1, 0.15) is 24.1 Å². The van der Waals surface area contributed by atoms with E-state index in [9.17, 15) is 4.39 Å². The number of alkyl halides is 1. The Kier molecular flexibility index (Phi) is 3.10. The van der Waals surface area contributed by atoms with Crippen LogP contribution in [0.25, 0.3) is 0 Å². The molecule has 1 nitrogen and oxygen atoms in total. The molecule has 2 rings (SSSR count). The number of rotatable bonds is 1. The predicted molar refractivity (Wildman–Crippen MR) is 58.8 cm³/mol. The second-order valence-electron chi connectivity index (χ2n) is 3.67. The van der Waals surface area contributed by atoms with Gasteiger partial charge in [-0.2, -0.15) is 0 Å². The number of hydrogen-bond donors (Lipinski definition) is 1. The Hall–Kier alpha value is -0.120. The summed E-state index contributed by atoms with van der Waals surface area (Å²) in [5.41, 5.74) is -1.15. The standard InChI is InChI=1S/C10H13ClFNS/c11-9-3-2-8(14-9)10(12)4-1-6-13-7-5-10/h2-3,13H,1,4-7H2. The van der Waals surface area contributed by atoms with Crippen molar-refractivity contribution in [2.24, 2.45) is 0 Å². The highest BCUT2D eigenvalue weighted by Crippen LogP contribution is 2.40. The molecule has 78 valence electrons. The third-order valence-electron chi connectivity index (χ3n) is 2.64. The van der Waals surface area contributed by atoms with Gasteiger partial charge in [0.25, 0.3) is 0 Å². The van der Waals surface area contributed by atoms with Gasteiger partial charge in [-0.25, -0.2) is 4.39 Å². The van der Waals surface area contributed by atoms with Gasteiger partial charge in [-0.05, 0) is 44.5 Å². The largest absolute Gasteiger partial charge is 0.317 e. The zero-order valence-electron chi connectivity index (χ0n) is 7.85. The topological polar surface area (TPSA) is 12.0 Å². The third kappa shape index (κ3) is 2.10. The third-order valence-corrected chi connectivity index (χ3v) is 4.05. The molecule has 1 N–H and O–H groups in total. The van der Waals surface area contributed by atoms with Crippen molar-refractivity contribution in [3.8, 4) is 0 Å². The Labute approximate surface area is 92.3 Å². The first-order chi connectivity index (χ1) is 6.71. The van der Waals surface area contributed by atoms with Crippen molar-refractivity contribution in [1.29, 1.82) is 0 Å². The van der Waals surface area contributed by atoms with E-state index in [0.717, 1.165) is 24.4 Å². The summed E-state index contributed by atoms with van der Waals surface area (Å²) in [5, 5.41) is 3.21. The van der Waals surface area contributed by atoms with Crippen molar-refractivity contribution in [3.63, 3.8) is 0 Å². The highest BCUT2D eigenvalue weighted by Gasteiger charge is 2.33. The maximum Gasteiger partial charge on any atom is 0.146 e. The molecular weight excluding hydrogens is 221 g/mol. The van der Waals surface area contributed by atoms with Crippen molar-refractivity contribution >= 4 is 22.9 Å². The summed E-state index contributed by atoms with van der Waals surface area (Å²) in [6.45, 7) is 1.68. The van der Waals surface area contributed by atoms with Gasteiger partial charge in [-0.3, -0.25) is 0 Å². The molecule has 1 aromatic heterocycles. The molecule has 4 heteroatoms. The molecule has 1 aromatic rings. The van der Waals surface area contributed by atoms with Gasteiger partial charge in [-0.15, -0.1) is 11.3 Å². The van der Waals surface area contributed by atoms with Crippen molar-refractivity contribution in [1.82, 2.24) is 5.32 Å². The second-order valence-corrected chi connectivity index (χ2v) is 5.39. The average molecular weight is 234 g/mol. The number of hydrogen-bond acceptors (Lipinski definition) is 2. The summed E-state index contributed by atoms with van der Waals surface area (Å²) in [7, 11) is 0. The number of nitrogens with one attached hydrogen (secondary N) is 1. The SMILES string of the molecule is FC1(c2ccc(Cl)s2)CCCNCC1. The Balaban J connectivity index is 2.20. The van der Waals surface area contributed by atoms with Gasteiger partial charge in [0.15, 0.2) is 0 Å². The van der Waals surface area contributed by atoms with Crippen LogP contribution >= 0.6 is 22.9 Å². The van der Waals surface area contributed by atoms with E-state index in [2.05, 4.69) is 5.32 Å². The van der Waals surface area contributed by atoms with Crippen LogP contribution in [-0.2, 0) is 5.67 Å². The van der Waals surface area contributed by atoms with Gasteiger partial charge in [-0.1, -0.05) is 11.6 Å². The first-order valence-electron chi connectivity index (χ1n) is 4.86. The lowest BCUT2D eigenvalue weighted by atomic mass is 9.95. The maximum absolute atomic E-state index is 14.5. The van der Waals surface area contributed by atoms with E-state index < -0.39 is 5.67 Å². The summed E-state index contributed by atoms with van der Waals surface area (Å²) in [5.74, 6) is 0. The van der Waals surface area contributed by atoms with Crippen LogP contribution in [0.15, 0.2) is 12.1 Å². The summed E-state index contributed by atoms with van der Waals surface area (Å²) >= 11 is 7.18.